The lowest BCUT2D eigenvalue weighted by Gasteiger charge is -2.20. The van der Waals surface area contributed by atoms with Gasteiger partial charge in [0.15, 0.2) is 0 Å². The van der Waals surface area contributed by atoms with Gasteiger partial charge in [0.1, 0.15) is 17.3 Å². The van der Waals surface area contributed by atoms with Crippen LogP contribution in [0.3, 0.4) is 0 Å². The third-order valence-corrected chi connectivity index (χ3v) is 2.91. The van der Waals surface area contributed by atoms with E-state index in [-0.39, 0.29) is 5.75 Å². The zero-order chi connectivity index (χ0) is 15.5. The number of hydrogen-bond acceptors (Lipinski definition) is 3. The molecule has 0 bridgehead atoms. The van der Waals surface area contributed by atoms with Crippen LogP contribution in [-0.4, -0.2) is 12.9 Å². The van der Waals surface area contributed by atoms with Gasteiger partial charge in [-0.3, -0.25) is 0 Å². The molecule has 21 heavy (non-hydrogen) atoms. The molecule has 6 heteroatoms. The molecule has 1 heterocycles. The minimum Gasteiger partial charge on any atom is -0.464 e. The Morgan fingerprint density at radius 2 is 1.90 bits per heavy atom. The van der Waals surface area contributed by atoms with Gasteiger partial charge in [-0.05, 0) is 31.7 Å². The number of rotatable bonds is 5. The summed E-state index contributed by atoms with van der Waals surface area (Å²) in [6, 6.07) is 9.07. The predicted molar refractivity (Wildman–Crippen MR) is 72.1 cm³/mol. The lowest BCUT2D eigenvalue weighted by molar-refractivity contribution is -0.275. The van der Waals surface area contributed by atoms with E-state index >= 15 is 0 Å². The maximum absolute atomic E-state index is 12.5. The Bertz CT molecular complexity index is 593. The van der Waals surface area contributed by atoms with Crippen molar-refractivity contribution in [3.05, 3.63) is 53.5 Å². The van der Waals surface area contributed by atoms with E-state index in [4.69, 9.17) is 4.42 Å². The quantitative estimate of drug-likeness (QED) is 0.899. The van der Waals surface area contributed by atoms with E-state index in [1.54, 1.807) is 31.2 Å². The highest BCUT2D eigenvalue weighted by Crippen LogP contribution is 2.33. The first-order valence-corrected chi connectivity index (χ1v) is 6.55. The molecule has 0 aliphatic rings. The molecule has 1 unspecified atom stereocenters. The minimum absolute atomic E-state index is 0.231. The van der Waals surface area contributed by atoms with Crippen LogP contribution in [0.2, 0.25) is 0 Å². The minimum atomic E-state index is -4.73. The van der Waals surface area contributed by atoms with Gasteiger partial charge in [-0.1, -0.05) is 25.1 Å². The number of ether oxygens (including phenoxy) is 1. The third kappa shape index (κ3) is 4.01. The zero-order valence-corrected chi connectivity index (χ0v) is 11.7. The molecule has 0 fully saturated rings. The smallest absolute Gasteiger partial charge is 0.464 e. The van der Waals surface area contributed by atoms with Crippen molar-refractivity contribution < 1.29 is 22.3 Å². The van der Waals surface area contributed by atoms with Crippen LogP contribution in [0.15, 0.2) is 40.8 Å². The average molecular weight is 299 g/mol. The van der Waals surface area contributed by atoms with E-state index in [2.05, 4.69) is 10.1 Å². The fourth-order valence-corrected chi connectivity index (χ4v) is 2.11. The molecule has 0 spiro atoms. The summed E-state index contributed by atoms with van der Waals surface area (Å²) in [4.78, 5) is 0. The summed E-state index contributed by atoms with van der Waals surface area (Å²) >= 11 is 0. The van der Waals surface area contributed by atoms with Gasteiger partial charge in [-0.15, -0.1) is 13.2 Å². The molecule has 3 nitrogen and oxygen atoms in total. The normalized spacial score (nSPS) is 13.2. The first-order valence-electron chi connectivity index (χ1n) is 6.55. The van der Waals surface area contributed by atoms with Crippen molar-refractivity contribution >= 4 is 0 Å². The largest absolute Gasteiger partial charge is 0.573 e. The highest BCUT2D eigenvalue weighted by molar-refractivity contribution is 5.39. The van der Waals surface area contributed by atoms with Crippen LogP contribution in [0.5, 0.6) is 5.75 Å². The van der Waals surface area contributed by atoms with Crippen molar-refractivity contribution in [1.29, 1.82) is 0 Å². The average Bonchev–Trinajstić information content (AvgIpc) is 2.82. The van der Waals surface area contributed by atoms with Gasteiger partial charge in [-0.2, -0.15) is 0 Å². The fraction of sp³-hybridized carbons (Fsp3) is 0.333. The van der Waals surface area contributed by atoms with Gasteiger partial charge in [0.05, 0.1) is 6.04 Å². The van der Waals surface area contributed by atoms with Crippen LogP contribution >= 0.6 is 0 Å². The Kier molecular flexibility index (Phi) is 4.57. The molecule has 0 aliphatic heterocycles. The summed E-state index contributed by atoms with van der Waals surface area (Å²) in [7, 11) is 0. The number of halogens is 3. The predicted octanol–water partition coefficient (Wildman–Crippen LogP) is 4.19. The maximum Gasteiger partial charge on any atom is 0.573 e. The number of furan rings is 1. The Labute approximate surface area is 120 Å². The molecule has 2 rings (SSSR count). The Hall–Kier alpha value is -1.95. The second kappa shape index (κ2) is 6.22. The summed E-state index contributed by atoms with van der Waals surface area (Å²) in [6.07, 6.45) is -4.73. The monoisotopic (exact) mass is 299 g/mol. The van der Waals surface area contributed by atoms with Crippen LogP contribution < -0.4 is 10.1 Å². The number of para-hydroxylation sites is 1. The summed E-state index contributed by atoms with van der Waals surface area (Å²) in [6.45, 7) is 4.23. The highest BCUT2D eigenvalue weighted by atomic mass is 19.4. The number of nitrogens with one attached hydrogen (secondary N) is 1. The molecule has 2 aromatic rings. The first kappa shape index (κ1) is 15.4. The molecule has 0 aliphatic carbocycles. The van der Waals surface area contributed by atoms with Crippen LogP contribution in [0.4, 0.5) is 13.2 Å². The summed E-state index contributed by atoms with van der Waals surface area (Å²) < 4.78 is 47.2. The molecule has 1 aromatic heterocycles. The van der Waals surface area contributed by atoms with Crippen molar-refractivity contribution in [3.8, 4) is 5.75 Å². The number of aryl methyl sites for hydroxylation is 1. The first-order chi connectivity index (χ1) is 9.90. The van der Waals surface area contributed by atoms with Crippen molar-refractivity contribution in [2.45, 2.75) is 26.3 Å². The van der Waals surface area contributed by atoms with Gasteiger partial charge in [0, 0.05) is 5.56 Å². The van der Waals surface area contributed by atoms with E-state index < -0.39 is 12.4 Å². The van der Waals surface area contributed by atoms with E-state index in [0.717, 1.165) is 0 Å². The van der Waals surface area contributed by atoms with Crippen molar-refractivity contribution in [1.82, 2.24) is 5.32 Å². The third-order valence-electron chi connectivity index (χ3n) is 2.91. The van der Waals surface area contributed by atoms with Gasteiger partial charge in [0.25, 0.3) is 0 Å². The molecule has 1 N–H and O–H groups in total. The molecule has 114 valence electrons. The standard InChI is InChI=1S/C15H16F3NO2/c1-3-19-14(13-9-8-10(2)20-13)11-6-4-5-7-12(11)21-15(16,17)18/h4-9,14,19H,3H2,1-2H3. The molecule has 0 amide bonds. The molecular formula is C15H16F3NO2. The molecule has 1 atom stereocenters. The van der Waals surface area contributed by atoms with E-state index in [9.17, 15) is 13.2 Å². The van der Waals surface area contributed by atoms with E-state index in [1.165, 1.54) is 12.1 Å². The van der Waals surface area contributed by atoms with Crippen LogP contribution in [-0.2, 0) is 0 Å². The zero-order valence-electron chi connectivity index (χ0n) is 11.7. The van der Waals surface area contributed by atoms with Gasteiger partial charge < -0.3 is 14.5 Å². The van der Waals surface area contributed by atoms with Gasteiger partial charge >= 0.3 is 6.36 Å². The SMILES string of the molecule is CCNC(c1ccc(C)o1)c1ccccc1OC(F)(F)F. The Morgan fingerprint density at radius 1 is 1.19 bits per heavy atom. The lowest BCUT2D eigenvalue weighted by atomic mass is 10.0. The van der Waals surface area contributed by atoms with E-state index in [0.29, 0.717) is 23.6 Å². The number of alkyl halides is 3. The highest BCUT2D eigenvalue weighted by Gasteiger charge is 2.33. The van der Waals surface area contributed by atoms with Crippen molar-refractivity contribution in [2.75, 3.05) is 6.54 Å². The number of benzene rings is 1. The van der Waals surface area contributed by atoms with Crippen molar-refractivity contribution in [3.63, 3.8) is 0 Å². The molecule has 0 radical (unpaired) electrons. The molecule has 0 saturated carbocycles. The van der Waals surface area contributed by atoms with Gasteiger partial charge in [-0.25, -0.2) is 0 Å². The molecular weight excluding hydrogens is 283 g/mol. The number of hydrogen-bond donors (Lipinski definition) is 1. The summed E-state index contributed by atoms with van der Waals surface area (Å²) in [5.41, 5.74) is 0.381. The Balaban J connectivity index is 2.41. The van der Waals surface area contributed by atoms with Gasteiger partial charge in [0.2, 0.25) is 0 Å². The van der Waals surface area contributed by atoms with Crippen LogP contribution in [0.1, 0.15) is 30.0 Å². The molecule has 0 saturated heterocycles. The maximum atomic E-state index is 12.5. The van der Waals surface area contributed by atoms with Crippen molar-refractivity contribution in [2.24, 2.45) is 0 Å². The second-order valence-corrected chi connectivity index (χ2v) is 4.52. The second-order valence-electron chi connectivity index (χ2n) is 4.52. The van der Waals surface area contributed by atoms with Crippen LogP contribution in [0, 0.1) is 6.92 Å². The van der Waals surface area contributed by atoms with Crippen LogP contribution in [0.25, 0.3) is 0 Å². The Morgan fingerprint density at radius 3 is 2.48 bits per heavy atom. The van der Waals surface area contributed by atoms with E-state index in [1.807, 2.05) is 6.92 Å². The fourth-order valence-electron chi connectivity index (χ4n) is 2.11. The lowest BCUT2D eigenvalue weighted by Crippen LogP contribution is -2.24. The summed E-state index contributed by atoms with van der Waals surface area (Å²) in [5.74, 6) is 1.01. The topological polar surface area (TPSA) is 34.4 Å². The molecule has 1 aromatic carbocycles. The summed E-state index contributed by atoms with van der Waals surface area (Å²) in [5, 5.41) is 3.11.